The molecule has 7 heteroatoms. The summed E-state index contributed by atoms with van der Waals surface area (Å²) in [6.07, 6.45) is 3.54. The molecule has 0 aromatic heterocycles. The van der Waals surface area contributed by atoms with Crippen LogP contribution in [0.25, 0.3) is 0 Å². The van der Waals surface area contributed by atoms with E-state index < -0.39 is 11.9 Å². The lowest BCUT2D eigenvalue weighted by Crippen LogP contribution is -2.28. The van der Waals surface area contributed by atoms with Crippen molar-refractivity contribution in [3.8, 4) is 5.75 Å². The Morgan fingerprint density at radius 3 is 2.80 bits per heavy atom. The van der Waals surface area contributed by atoms with Crippen LogP contribution in [-0.2, 0) is 27.2 Å². The Balaban J connectivity index is 1.58. The summed E-state index contributed by atoms with van der Waals surface area (Å²) in [6, 6.07) is 5.86. The van der Waals surface area contributed by atoms with E-state index in [4.69, 9.17) is 14.6 Å². The normalized spacial score (nSPS) is 25.8. The Morgan fingerprint density at radius 1 is 1.27 bits per heavy atom. The lowest BCUT2D eigenvalue weighted by atomic mass is 9.73. The average molecular weight is 421 g/mol. The van der Waals surface area contributed by atoms with Gasteiger partial charge in [0.25, 0.3) is 0 Å². The minimum atomic E-state index is -0.915. The molecule has 0 amide bonds. The Kier molecular flexibility index (Phi) is 7.72. The molecule has 2 aliphatic rings. The van der Waals surface area contributed by atoms with Crippen molar-refractivity contribution in [2.45, 2.75) is 64.1 Å². The van der Waals surface area contributed by atoms with E-state index >= 15 is 0 Å². The molecule has 1 fully saturated rings. The molecule has 0 radical (unpaired) electrons. The zero-order chi connectivity index (χ0) is 21.7. The van der Waals surface area contributed by atoms with Gasteiger partial charge in [-0.2, -0.15) is 0 Å². The van der Waals surface area contributed by atoms with Gasteiger partial charge >= 0.3 is 11.9 Å². The molecule has 2 aliphatic carbocycles. The second-order valence-electron chi connectivity index (χ2n) is 8.63. The maximum atomic E-state index is 11.9. The summed E-state index contributed by atoms with van der Waals surface area (Å²) in [7, 11) is 0. The molecule has 5 atom stereocenters. The molecule has 1 aromatic carbocycles. The number of aliphatic hydroxyl groups excluding tert-OH is 2. The molecule has 3 N–H and O–H groups in total. The lowest BCUT2D eigenvalue weighted by Gasteiger charge is -2.32. The number of esters is 1. The summed E-state index contributed by atoms with van der Waals surface area (Å²) in [6.45, 7) is 1.64. The molecular formula is C23H32O7. The molecule has 1 saturated carbocycles. The van der Waals surface area contributed by atoms with Crippen LogP contribution in [-0.4, -0.2) is 52.7 Å². The summed E-state index contributed by atoms with van der Waals surface area (Å²) in [5, 5.41) is 28.8. The van der Waals surface area contributed by atoms with E-state index in [-0.39, 0.29) is 44.2 Å². The van der Waals surface area contributed by atoms with Gasteiger partial charge in [0, 0.05) is 6.42 Å². The van der Waals surface area contributed by atoms with E-state index in [2.05, 4.69) is 6.07 Å². The van der Waals surface area contributed by atoms with Gasteiger partial charge in [0.15, 0.2) is 6.61 Å². The lowest BCUT2D eigenvalue weighted by molar-refractivity contribution is -0.147. The van der Waals surface area contributed by atoms with E-state index in [0.717, 1.165) is 31.2 Å². The van der Waals surface area contributed by atoms with Crippen LogP contribution in [0.2, 0.25) is 0 Å². The first-order valence-corrected chi connectivity index (χ1v) is 10.8. The maximum Gasteiger partial charge on any atom is 0.344 e. The smallest absolute Gasteiger partial charge is 0.344 e. The fourth-order valence-electron chi connectivity index (χ4n) is 4.96. The molecule has 0 aliphatic heterocycles. The third kappa shape index (κ3) is 5.73. The number of ether oxygens (including phenoxy) is 2. The fraction of sp³-hybridized carbons (Fsp3) is 0.652. The molecule has 30 heavy (non-hydrogen) atoms. The van der Waals surface area contributed by atoms with E-state index in [0.29, 0.717) is 24.0 Å². The number of fused-ring (bicyclic) bond motifs is 2. The third-order valence-electron chi connectivity index (χ3n) is 6.41. The SMILES string of the molecule is C[C@H](O)CC[C@@H]1[C@H]2Cc3cccc(OCC(=O)OCCCC(=O)O)c3C[C@H]2C[C@H]1O. The van der Waals surface area contributed by atoms with Crippen LogP contribution in [0.15, 0.2) is 18.2 Å². The molecule has 0 spiro atoms. The van der Waals surface area contributed by atoms with Gasteiger partial charge in [-0.05, 0) is 80.4 Å². The number of carboxylic acids is 1. The molecule has 7 nitrogen and oxygen atoms in total. The number of carbonyl (C=O) groups is 2. The average Bonchev–Trinajstić information content (AvgIpc) is 3.00. The van der Waals surface area contributed by atoms with Gasteiger partial charge in [-0.1, -0.05) is 12.1 Å². The fourth-order valence-corrected chi connectivity index (χ4v) is 4.96. The Bertz CT molecular complexity index is 745. The quantitative estimate of drug-likeness (QED) is 0.393. The number of carbonyl (C=O) groups excluding carboxylic acids is 1. The summed E-state index contributed by atoms with van der Waals surface area (Å²) >= 11 is 0. The van der Waals surface area contributed by atoms with Crippen LogP contribution in [0.1, 0.15) is 50.2 Å². The largest absolute Gasteiger partial charge is 0.482 e. The number of aliphatic hydroxyl groups is 2. The minimum absolute atomic E-state index is 0.0348. The molecule has 1 aromatic rings. The zero-order valence-electron chi connectivity index (χ0n) is 17.5. The highest BCUT2D eigenvalue weighted by molar-refractivity contribution is 5.71. The van der Waals surface area contributed by atoms with Gasteiger partial charge in [0.05, 0.1) is 18.8 Å². The van der Waals surface area contributed by atoms with E-state index in [1.807, 2.05) is 12.1 Å². The summed E-state index contributed by atoms with van der Waals surface area (Å²) in [5.74, 6) is 0.237. The molecule has 3 rings (SSSR count). The summed E-state index contributed by atoms with van der Waals surface area (Å²) in [5.41, 5.74) is 2.29. The van der Waals surface area contributed by atoms with Crippen LogP contribution >= 0.6 is 0 Å². The first-order valence-electron chi connectivity index (χ1n) is 10.8. The Hall–Kier alpha value is -2.12. The topological polar surface area (TPSA) is 113 Å². The van der Waals surface area contributed by atoms with Gasteiger partial charge in [-0.25, -0.2) is 4.79 Å². The van der Waals surface area contributed by atoms with E-state index in [1.54, 1.807) is 6.92 Å². The number of rotatable bonds is 10. The Morgan fingerprint density at radius 2 is 2.07 bits per heavy atom. The standard InChI is InChI=1S/C23H32O7/c1-14(24)7-8-17-18-10-15-4-2-5-21(19(15)11-16(18)12-20(17)25)30-13-23(28)29-9-3-6-22(26)27/h2,4-5,14,16-18,20,24-25H,3,6-13H2,1H3,(H,26,27)/t14-,16-,17+,18-,20+/m0/s1. The van der Waals surface area contributed by atoms with Gasteiger partial charge in [-0.15, -0.1) is 0 Å². The third-order valence-corrected chi connectivity index (χ3v) is 6.41. The summed E-state index contributed by atoms with van der Waals surface area (Å²) in [4.78, 5) is 22.4. The van der Waals surface area contributed by atoms with Gasteiger partial charge in [0.2, 0.25) is 0 Å². The van der Waals surface area contributed by atoms with Crippen molar-refractivity contribution in [3.05, 3.63) is 29.3 Å². The number of carboxylic acid groups (broad SMARTS) is 1. The number of hydrogen-bond donors (Lipinski definition) is 3. The first-order chi connectivity index (χ1) is 14.3. The van der Waals surface area contributed by atoms with Gasteiger partial charge in [0.1, 0.15) is 5.75 Å². The number of hydrogen-bond acceptors (Lipinski definition) is 6. The maximum absolute atomic E-state index is 11.9. The second-order valence-corrected chi connectivity index (χ2v) is 8.63. The van der Waals surface area contributed by atoms with Gasteiger partial charge < -0.3 is 24.8 Å². The van der Waals surface area contributed by atoms with Crippen molar-refractivity contribution in [2.24, 2.45) is 17.8 Å². The van der Waals surface area contributed by atoms with Crippen LogP contribution in [0.5, 0.6) is 5.75 Å². The minimum Gasteiger partial charge on any atom is -0.482 e. The highest BCUT2D eigenvalue weighted by Crippen LogP contribution is 2.48. The van der Waals surface area contributed by atoms with Crippen LogP contribution in [0.4, 0.5) is 0 Å². The molecule has 0 bridgehead atoms. The molecular weight excluding hydrogens is 388 g/mol. The van der Waals surface area contributed by atoms with E-state index in [1.165, 1.54) is 5.56 Å². The van der Waals surface area contributed by atoms with Crippen LogP contribution in [0.3, 0.4) is 0 Å². The van der Waals surface area contributed by atoms with Crippen molar-refractivity contribution in [1.82, 2.24) is 0 Å². The van der Waals surface area contributed by atoms with Crippen molar-refractivity contribution in [2.75, 3.05) is 13.2 Å². The highest BCUT2D eigenvalue weighted by Gasteiger charge is 2.44. The van der Waals surface area contributed by atoms with Crippen molar-refractivity contribution in [1.29, 1.82) is 0 Å². The number of benzene rings is 1. The van der Waals surface area contributed by atoms with Gasteiger partial charge in [-0.3, -0.25) is 4.79 Å². The first kappa shape index (κ1) is 22.6. The molecule has 0 heterocycles. The summed E-state index contributed by atoms with van der Waals surface area (Å²) < 4.78 is 10.8. The highest BCUT2D eigenvalue weighted by atomic mass is 16.6. The predicted molar refractivity (Wildman–Crippen MR) is 109 cm³/mol. The van der Waals surface area contributed by atoms with Crippen molar-refractivity contribution >= 4 is 11.9 Å². The zero-order valence-corrected chi connectivity index (χ0v) is 17.5. The molecule has 0 unspecified atom stereocenters. The van der Waals surface area contributed by atoms with Crippen LogP contribution < -0.4 is 4.74 Å². The monoisotopic (exact) mass is 420 g/mol. The van der Waals surface area contributed by atoms with E-state index in [9.17, 15) is 19.8 Å². The second kappa shape index (κ2) is 10.3. The van der Waals surface area contributed by atoms with Crippen LogP contribution in [0, 0.1) is 17.8 Å². The predicted octanol–water partition coefficient (Wildman–Crippen LogP) is 2.35. The van der Waals surface area contributed by atoms with Crippen molar-refractivity contribution < 1.29 is 34.4 Å². The Labute approximate surface area is 177 Å². The molecule has 0 saturated heterocycles. The molecule has 166 valence electrons. The number of aliphatic carboxylic acids is 1. The van der Waals surface area contributed by atoms with Crippen molar-refractivity contribution in [3.63, 3.8) is 0 Å².